The molecule has 0 radical (unpaired) electrons. The first-order chi connectivity index (χ1) is 16.2. The highest BCUT2D eigenvalue weighted by Crippen LogP contribution is 2.71. The first kappa shape index (κ1) is 26.8. The first-order valence-corrected chi connectivity index (χ1v) is 13.3. The molecule has 8 heteroatoms. The lowest BCUT2D eigenvalue weighted by Gasteiger charge is -2.39. The van der Waals surface area contributed by atoms with Crippen LogP contribution in [0.1, 0.15) is 59.3 Å². The quantitative estimate of drug-likeness (QED) is 0.241. The largest absolute Gasteiger partial charge is 0.465 e. The molecule has 190 valence electrons. The Morgan fingerprint density at radius 3 is 2.71 bits per heavy atom. The highest BCUT2D eigenvalue weighted by atomic mass is 32.2. The third kappa shape index (κ3) is 4.43. The zero-order valence-corrected chi connectivity index (χ0v) is 21.6. The van der Waals surface area contributed by atoms with Gasteiger partial charge in [-0.25, -0.2) is 0 Å². The minimum atomic E-state index is -0.661. The van der Waals surface area contributed by atoms with Crippen molar-refractivity contribution < 1.29 is 24.2 Å². The van der Waals surface area contributed by atoms with Crippen LogP contribution < -0.4 is 0 Å². The molecule has 3 aliphatic heterocycles. The Hall–Kier alpha value is -1.80. The van der Waals surface area contributed by atoms with Crippen LogP contribution in [0, 0.1) is 11.8 Å². The predicted octanol–water partition coefficient (Wildman–Crippen LogP) is 3.17. The normalized spacial score (nSPS) is 32.4. The summed E-state index contributed by atoms with van der Waals surface area (Å²) in [7, 11) is 0. The number of hydrogen-bond acceptors (Lipinski definition) is 6. The number of hydrogen-bond donors (Lipinski definition) is 1. The van der Waals surface area contributed by atoms with Crippen molar-refractivity contribution in [2.45, 2.75) is 80.9 Å². The van der Waals surface area contributed by atoms with Gasteiger partial charge in [-0.3, -0.25) is 14.4 Å². The first-order valence-electron chi connectivity index (χ1n) is 12.5. The summed E-state index contributed by atoms with van der Waals surface area (Å²) in [6, 6.07) is -0.645. The molecule has 7 nitrogen and oxygen atoms in total. The average Bonchev–Trinajstić information content (AvgIpc) is 3.36. The zero-order valence-electron chi connectivity index (χ0n) is 20.8. The lowest BCUT2D eigenvalue weighted by atomic mass is 9.66. The number of fused-ring (bicyclic) bond motifs is 1. The number of amides is 2. The summed E-state index contributed by atoms with van der Waals surface area (Å²) in [6.45, 7) is 14.6. The molecule has 3 fully saturated rings. The maximum atomic E-state index is 14.2. The molecule has 3 unspecified atom stereocenters. The van der Waals surface area contributed by atoms with E-state index in [-0.39, 0.29) is 37.0 Å². The third-order valence-electron chi connectivity index (χ3n) is 7.74. The van der Waals surface area contributed by atoms with Gasteiger partial charge in [-0.1, -0.05) is 25.5 Å². The van der Waals surface area contributed by atoms with Gasteiger partial charge in [0.25, 0.3) is 0 Å². The fourth-order valence-electron chi connectivity index (χ4n) is 6.23. The Labute approximate surface area is 208 Å². The minimum absolute atomic E-state index is 0.0135. The van der Waals surface area contributed by atoms with Crippen molar-refractivity contribution in [1.82, 2.24) is 9.80 Å². The summed E-state index contributed by atoms with van der Waals surface area (Å²) in [5.41, 5.74) is 0. The van der Waals surface area contributed by atoms with Gasteiger partial charge in [0.05, 0.1) is 23.2 Å². The molecule has 3 saturated heterocycles. The van der Waals surface area contributed by atoms with Crippen molar-refractivity contribution in [2.75, 3.05) is 26.3 Å². The molecule has 6 atom stereocenters. The van der Waals surface area contributed by atoms with Gasteiger partial charge in [-0.2, -0.15) is 0 Å². The van der Waals surface area contributed by atoms with Crippen molar-refractivity contribution in [1.29, 1.82) is 0 Å². The second-order valence-electron chi connectivity index (χ2n) is 10.00. The maximum absolute atomic E-state index is 14.2. The van der Waals surface area contributed by atoms with Crippen molar-refractivity contribution in [2.24, 2.45) is 11.8 Å². The molecule has 0 aromatic carbocycles. The van der Waals surface area contributed by atoms with Crippen LogP contribution in [0.15, 0.2) is 25.3 Å². The molecule has 0 aliphatic carbocycles. The van der Waals surface area contributed by atoms with Crippen LogP contribution in [0.25, 0.3) is 0 Å². The van der Waals surface area contributed by atoms with Crippen molar-refractivity contribution in [3.8, 4) is 0 Å². The Morgan fingerprint density at radius 1 is 1.35 bits per heavy atom. The fraction of sp³-hybridized carbons (Fsp3) is 0.731. The molecular weight excluding hydrogens is 452 g/mol. The van der Waals surface area contributed by atoms with Gasteiger partial charge in [-0.15, -0.1) is 24.9 Å². The molecule has 0 aromatic rings. The molecule has 2 bridgehead atoms. The number of esters is 1. The van der Waals surface area contributed by atoms with Crippen LogP contribution in [-0.2, 0) is 19.1 Å². The van der Waals surface area contributed by atoms with Gasteiger partial charge in [0, 0.05) is 30.5 Å². The van der Waals surface area contributed by atoms with E-state index in [0.717, 1.165) is 19.3 Å². The number of aliphatic hydroxyl groups excluding tert-OH is 1. The number of nitrogens with zero attached hydrogens (tertiary/aromatic N) is 2. The summed E-state index contributed by atoms with van der Waals surface area (Å²) in [6.07, 6.45) is 7.64. The lowest BCUT2D eigenvalue weighted by Crippen LogP contribution is -2.56. The number of carbonyl (C=O) groups is 3. The fourth-order valence-corrected chi connectivity index (χ4v) is 8.57. The predicted molar refractivity (Wildman–Crippen MR) is 134 cm³/mol. The monoisotopic (exact) mass is 492 g/mol. The molecule has 0 aromatic heterocycles. The Morgan fingerprint density at radius 2 is 2.09 bits per heavy atom. The van der Waals surface area contributed by atoms with Crippen molar-refractivity contribution in [3.05, 3.63) is 25.3 Å². The number of carbonyl (C=O) groups excluding carboxylic acids is 3. The van der Waals surface area contributed by atoms with Crippen LogP contribution >= 0.6 is 11.8 Å². The van der Waals surface area contributed by atoms with Crippen LogP contribution in [0.4, 0.5) is 0 Å². The second-order valence-corrected chi connectivity index (χ2v) is 11.9. The molecule has 3 heterocycles. The van der Waals surface area contributed by atoms with E-state index < -0.39 is 27.4 Å². The van der Waals surface area contributed by atoms with Gasteiger partial charge in [0.2, 0.25) is 11.8 Å². The number of rotatable bonds is 13. The Balaban J connectivity index is 2.01. The molecule has 34 heavy (non-hydrogen) atoms. The van der Waals surface area contributed by atoms with Crippen LogP contribution in [-0.4, -0.2) is 80.6 Å². The third-order valence-corrected chi connectivity index (χ3v) is 9.72. The van der Waals surface area contributed by atoms with E-state index in [4.69, 9.17) is 4.74 Å². The Bertz CT molecular complexity index is 819. The van der Waals surface area contributed by atoms with E-state index in [1.54, 1.807) is 28.8 Å². The number of ether oxygens (including phenoxy) is 1. The number of likely N-dealkylation sites (tertiary alicyclic amines) is 1. The summed E-state index contributed by atoms with van der Waals surface area (Å²) >= 11 is 1.65. The molecule has 3 aliphatic rings. The van der Waals surface area contributed by atoms with E-state index in [9.17, 15) is 19.5 Å². The summed E-state index contributed by atoms with van der Waals surface area (Å²) in [5.74, 6) is -1.76. The molecule has 2 amide bonds. The van der Waals surface area contributed by atoms with Crippen molar-refractivity contribution >= 4 is 29.5 Å². The van der Waals surface area contributed by atoms with Gasteiger partial charge in [0.1, 0.15) is 6.04 Å². The van der Waals surface area contributed by atoms with E-state index in [1.165, 1.54) is 0 Å². The zero-order chi connectivity index (χ0) is 25.1. The maximum Gasteiger partial charge on any atom is 0.311 e. The van der Waals surface area contributed by atoms with Crippen LogP contribution in [0.3, 0.4) is 0 Å². The van der Waals surface area contributed by atoms with Gasteiger partial charge in [-0.05, 0) is 46.0 Å². The molecule has 1 N–H and O–H groups in total. The molecule has 1 spiro atoms. The summed E-state index contributed by atoms with van der Waals surface area (Å²) < 4.78 is 4.46. The van der Waals surface area contributed by atoms with Crippen LogP contribution in [0.2, 0.25) is 0 Å². The van der Waals surface area contributed by atoms with Gasteiger partial charge < -0.3 is 19.6 Å². The lowest BCUT2D eigenvalue weighted by molar-refractivity contribution is -0.155. The van der Waals surface area contributed by atoms with Crippen LogP contribution in [0.5, 0.6) is 0 Å². The minimum Gasteiger partial charge on any atom is -0.465 e. The number of aliphatic hydroxyl groups is 1. The van der Waals surface area contributed by atoms with Gasteiger partial charge in [0.15, 0.2) is 0 Å². The summed E-state index contributed by atoms with van der Waals surface area (Å²) in [4.78, 5) is 44.8. The Kier molecular flexibility index (Phi) is 8.56. The van der Waals surface area contributed by atoms with E-state index in [2.05, 4.69) is 20.1 Å². The highest BCUT2D eigenvalue weighted by Gasteiger charge is 2.77. The highest BCUT2D eigenvalue weighted by molar-refractivity contribution is 8.02. The molecule has 0 saturated carbocycles. The van der Waals surface area contributed by atoms with E-state index >= 15 is 0 Å². The molecule has 3 rings (SSSR count). The van der Waals surface area contributed by atoms with Crippen molar-refractivity contribution in [3.63, 3.8) is 0 Å². The molecular formula is C26H40N2O5S. The second kappa shape index (κ2) is 10.9. The van der Waals surface area contributed by atoms with E-state index in [0.29, 0.717) is 32.4 Å². The SMILES string of the molecule is C=CCCOC(=O)[C@@H]1[C@H]2C(=O)N(CCCO)C(C(=O)N(CC=C)C(C)CCC)C23CC[C@@]1(C)S3. The number of thioether (sulfide) groups is 1. The average molecular weight is 493 g/mol. The topological polar surface area (TPSA) is 87.1 Å². The standard InChI is InChI=1S/C26H40N2O5S/c1-6-9-17-33-24(32)20-19-22(30)28(15-10-16-29)21(26(19)13-12-25(20,5)34-26)23(31)27(14-8-3)18(4)11-7-2/h6,8,18-21,29H,1,3,7,9-17H2,2,4-5H3/t18?,19-,20-,21?,25+,26?/m0/s1. The van der Waals surface area contributed by atoms with Gasteiger partial charge >= 0.3 is 5.97 Å². The van der Waals surface area contributed by atoms with E-state index in [1.807, 2.05) is 18.7 Å². The summed E-state index contributed by atoms with van der Waals surface area (Å²) in [5, 5.41) is 9.49. The smallest absolute Gasteiger partial charge is 0.311 e.